The van der Waals surface area contributed by atoms with E-state index in [4.69, 9.17) is 9.73 Å². The Bertz CT molecular complexity index is 513. The molecule has 2 rings (SSSR count). The van der Waals surface area contributed by atoms with Crippen LogP contribution in [0.5, 0.6) is 0 Å². The average Bonchev–Trinajstić information content (AvgIpc) is 3.05. The van der Waals surface area contributed by atoms with Gasteiger partial charge in [0.2, 0.25) is 0 Å². The quantitative estimate of drug-likeness (QED) is 0.397. The summed E-state index contributed by atoms with van der Waals surface area (Å²) < 4.78 is 5.42. The van der Waals surface area contributed by atoms with E-state index in [0.29, 0.717) is 6.04 Å². The van der Waals surface area contributed by atoms with Crippen molar-refractivity contribution in [2.75, 3.05) is 45.9 Å². The smallest absolute Gasteiger partial charge is 0.191 e. The molecule has 6 nitrogen and oxygen atoms in total. The molecule has 0 spiro atoms. The van der Waals surface area contributed by atoms with Crippen LogP contribution in [-0.2, 0) is 11.2 Å². The lowest BCUT2D eigenvalue weighted by Crippen LogP contribution is -2.44. The number of guanidine groups is 1. The summed E-state index contributed by atoms with van der Waals surface area (Å²) in [6.07, 6.45) is 3.35. The molecule has 1 fully saturated rings. The molecule has 1 saturated heterocycles. The zero-order chi connectivity index (χ0) is 17.9. The summed E-state index contributed by atoms with van der Waals surface area (Å²) in [5.74, 6) is 0.924. The maximum Gasteiger partial charge on any atom is 0.191 e. The van der Waals surface area contributed by atoms with Crippen molar-refractivity contribution >= 4 is 17.3 Å². The lowest BCUT2D eigenvalue weighted by Gasteiger charge is -2.31. The maximum atomic E-state index is 5.42. The molecule has 1 aliphatic rings. The molecular weight excluding hydrogens is 334 g/mol. The van der Waals surface area contributed by atoms with Gasteiger partial charge in [-0.05, 0) is 40.0 Å². The number of nitrogens with one attached hydrogen (secondary N) is 2. The predicted octanol–water partition coefficient (Wildman–Crippen LogP) is 2.05. The Morgan fingerprint density at radius 3 is 2.84 bits per heavy atom. The largest absolute Gasteiger partial charge is 0.379 e. The standard InChI is InChI=1S/C18H33N5OS/c1-4-19-18(21-13-16(3)23-9-11-24-12-10-23)20-8-6-5-7-17-22-15(2)14-25-17/h14,16H,4-13H2,1-3H3,(H2,19,20,21). The van der Waals surface area contributed by atoms with Gasteiger partial charge in [-0.2, -0.15) is 0 Å². The number of rotatable bonds is 9. The first-order valence-corrected chi connectivity index (χ1v) is 10.3. The molecule has 0 radical (unpaired) electrons. The summed E-state index contributed by atoms with van der Waals surface area (Å²) in [6, 6.07) is 0.451. The van der Waals surface area contributed by atoms with Crippen molar-refractivity contribution in [1.29, 1.82) is 0 Å². The number of ether oxygens (including phenoxy) is 1. The van der Waals surface area contributed by atoms with Crippen LogP contribution >= 0.6 is 11.3 Å². The van der Waals surface area contributed by atoms with E-state index in [1.54, 1.807) is 11.3 Å². The highest BCUT2D eigenvalue weighted by Gasteiger charge is 2.16. The third-order valence-electron chi connectivity index (χ3n) is 4.30. The molecule has 1 aromatic heterocycles. The number of hydrogen-bond acceptors (Lipinski definition) is 5. The van der Waals surface area contributed by atoms with Crippen LogP contribution < -0.4 is 10.6 Å². The molecule has 2 heterocycles. The topological polar surface area (TPSA) is 61.8 Å². The van der Waals surface area contributed by atoms with E-state index in [2.05, 4.69) is 46.7 Å². The number of unbranched alkanes of at least 4 members (excludes halogenated alkanes) is 1. The van der Waals surface area contributed by atoms with E-state index in [-0.39, 0.29) is 0 Å². The molecule has 1 unspecified atom stereocenters. The van der Waals surface area contributed by atoms with Crippen LogP contribution in [0.2, 0.25) is 0 Å². The minimum absolute atomic E-state index is 0.451. The zero-order valence-corrected chi connectivity index (χ0v) is 16.7. The van der Waals surface area contributed by atoms with E-state index in [9.17, 15) is 0 Å². The summed E-state index contributed by atoms with van der Waals surface area (Å²) in [5, 5.41) is 10.2. The number of hydrogen-bond donors (Lipinski definition) is 2. The third kappa shape index (κ3) is 7.71. The SMILES string of the molecule is CCNC(=NCC(C)N1CCOCC1)NCCCCc1nc(C)cs1. The van der Waals surface area contributed by atoms with Crippen molar-refractivity contribution in [2.24, 2.45) is 4.99 Å². The molecular formula is C18H33N5OS. The van der Waals surface area contributed by atoms with Crippen LogP contribution in [-0.4, -0.2) is 67.8 Å². The highest BCUT2D eigenvalue weighted by atomic mass is 32.1. The lowest BCUT2D eigenvalue weighted by molar-refractivity contribution is 0.0220. The Labute approximate surface area is 156 Å². The van der Waals surface area contributed by atoms with Crippen LogP contribution in [0.15, 0.2) is 10.4 Å². The van der Waals surface area contributed by atoms with Gasteiger partial charge >= 0.3 is 0 Å². The number of aryl methyl sites for hydroxylation is 2. The Morgan fingerprint density at radius 1 is 1.36 bits per heavy atom. The molecule has 25 heavy (non-hydrogen) atoms. The van der Waals surface area contributed by atoms with Gasteiger partial charge in [-0.1, -0.05) is 0 Å². The second-order valence-electron chi connectivity index (χ2n) is 6.48. The highest BCUT2D eigenvalue weighted by molar-refractivity contribution is 7.09. The van der Waals surface area contributed by atoms with Crippen LogP contribution in [0.4, 0.5) is 0 Å². The second kappa shape index (κ2) is 11.4. The van der Waals surface area contributed by atoms with Crippen molar-refractivity contribution < 1.29 is 4.74 Å². The number of aromatic nitrogens is 1. The minimum Gasteiger partial charge on any atom is -0.379 e. The number of thiazole rings is 1. The number of aliphatic imine (C=N–C) groups is 1. The molecule has 0 amide bonds. The van der Waals surface area contributed by atoms with Gasteiger partial charge in [0.25, 0.3) is 0 Å². The minimum atomic E-state index is 0.451. The molecule has 7 heteroatoms. The predicted molar refractivity (Wildman–Crippen MR) is 106 cm³/mol. The van der Waals surface area contributed by atoms with E-state index >= 15 is 0 Å². The zero-order valence-electron chi connectivity index (χ0n) is 15.9. The van der Waals surface area contributed by atoms with Crippen molar-refractivity contribution in [3.8, 4) is 0 Å². The van der Waals surface area contributed by atoms with Crippen LogP contribution in [0, 0.1) is 6.92 Å². The highest BCUT2D eigenvalue weighted by Crippen LogP contribution is 2.11. The molecule has 1 aromatic rings. The van der Waals surface area contributed by atoms with Crippen molar-refractivity contribution in [2.45, 2.75) is 46.1 Å². The van der Waals surface area contributed by atoms with Gasteiger partial charge in [0.05, 0.1) is 24.8 Å². The molecule has 142 valence electrons. The normalized spacial score (nSPS) is 17.5. The first kappa shape index (κ1) is 20.1. The second-order valence-corrected chi connectivity index (χ2v) is 7.43. The van der Waals surface area contributed by atoms with E-state index in [1.165, 1.54) is 5.01 Å². The lowest BCUT2D eigenvalue weighted by atomic mass is 10.2. The average molecular weight is 368 g/mol. The fourth-order valence-corrected chi connectivity index (χ4v) is 3.64. The van der Waals surface area contributed by atoms with Gasteiger partial charge in [-0.15, -0.1) is 11.3 Å². The molecule has 2 N–H and O–H groups in total. The summed E-state index contributed by atoms with van der Waals surface area (Å²) in [7, 11) is 0. The number of morpholine rings is 1. The fraction of sp³-hybridized carbons (Fsp3) is 0.778. The van der Waals surface area contributed by atoms with Gasteiger partial charge in [0.15, 0.2) is 5.96 Å². The summed E-state index contributed by atoms with van der Waals surface area (Å²) in [6.45, 7) is 12.7. The van der Waals surface area contributed by atoms with Gasteiger partial charge < -0.3 is 15.4 Å². The van der Waals surface area contributed by atoms with Crippen LogP contribution in [0.3, 0.4) is 0 Å². The van der Waals surface area contributed by atoms with Gasteiger partial charge in [0, 0.05) is 43.3 Å². The monoisotopic (exact) mass is 367 g/mol. The Kier molecular flexibility index (Phi) is 9.21. The summed E-state index contributed by atoms with van der Waals surface area (Å²) in [4.78, 5) is 11.7. The van der Waals surface area contributed by atoms with E-state index in [1.807, 2.05) is 0 Å². The summed E-state index contributed by atoms with van der Waals surface area (Å²) >= 11 is 1.77. The Hall–Kier alpha value is -1.18. The molecule has 0 aliphatic carbocycles. The molecule has 1 aliphatic heterocycles. The first-order chi connectivity index (χ1) is 12.2. The molecule has 0 saturated carbocycles. The van der Waals surface area contributed by atoms with Gasteiger partial charge in [-0.25, -0.2) is 4.98 Å². The van der Waals surface area contributed by atoms with E-state index < -0.39 is 0 Å². The van der Waals surface area contributed by atoms with Gasteiger partial charge in [0.1, 0.15) is 0 Å². The number of nitrogens with zero attached hydrogens (tertiary/aromatic N) is 3. The molecule has 0 bridgehead atoms. The fourth-order valence-electron chi connectivity index (χ4n) is 2.82. The summed E-state index contributed by atoms with van der Waals surface area (Å²) in [5.41, 5.74) is 1.13. The van der Waals surface area contributed by atoms with Crippen molar-refractivity contribution in [3.63, 3.8) is 0 Å². The Balaban J connectivity index is 1.66. The van der Waals surface area contributed by atoms with Crippen molar-refractivity contribution in [1.82, 2.24) is 20.5 Å². The Morgan fingerprint density at radius 2 is 2.16 bits per heavy atom. The van der Waals surface area contributed by atoms with Crippen molar-refractivity contribution in [3.05, 3.63) is 16.1 Å². The third-order valence-corrected chi connectivity index (χ3v) is 5.33. The molecule has 0 aromatic carbocycles. The molecule has 1 atom stereocenters. The first-order valence-electron chi connectivity index (χ1n) is 9.44. The van der Waals surface area contributed by atoms with Crippen LogP contribution in [0.25, 0.3) is 0 Å². The van der Waals surface area contributed by atoms with E-state index in [0.717, 1.165) is 76.9 Å². The van der Waals surface area contributed by atoms with Gasteiger partial charge in [-0.3, -0.25) is 9.89 Å². The maximum absolute atomic E-state index is 5.42. The van der Waals surface area contributed by atoms with Crippen LogP contribution in [0.1, 0.15) is 37.4 Å².